The molecule has 1 N–H and O–H groups in total. The topological polar surface area (TPSA) is 54.9 Å². The molecule has 1 amide bonds. The summed E-state index contributed by atoms with van der Waals surface area (Å²) >= 11 is 3.18. The van der Waals surface area contributed by atoms with Crippen LogP contribution in [0.15, 0.2) is 41.7 Å². The van der Waals surface area contributed by atoms with E-state index in [1.165, 1.54) is 0 Å². The zero-order chi connectivity index (χ0) is 12.3. The standard InChI is InChI=1S/C12H10BrN3O/c1-8(13)7-16-12(17)9-2-3-10-11(6-9)15-5-4-14-10/h2-6H,1,7H2,(H,16,17). The number of benzene rings is 1. The molecule has 2 aromatic rings. The first-order valence-electron chi connectivity index (χ1n) is 4.99. The number of fused-ring (bicyclic) bond motifs is 1. The second-order valence-electron chi connectivity index (χ2n) is 3.46. The smallest absolute Gasteiger partial charge is 0.251 e. The van der Waals surface area contributed by atoms with Gasteiger partial charge in [0.25, 0.3) is 5.91 Å². The van der Waals surface area contributed by atoms with Crippen LogP contribution in [0.3, 0.4) is 0 Å². The fraction of sp³-hybridized carbons (Fsp3) is 0.0833. The van der Waals surface area contributed by atoms with Crippen LogP contribution >= 0.6 is 15.9 Å². The van der Waals surface area contributed by atoms with Gasteiger partial charge in [-0.1, -0.05) is 22.5 Å². The van der Waals surface area contributed by atoms with Gasteiger partial charge in [0, 0.05) is 29.0 Å². The summed E-state index contributed by atoms with van der Waals surface area (Å²) < 4.78 is 0.728. The number of carbonyl (C=O) groups excluding carboxylic acids is 1. The summed E-state index contributed by atoms with van der Waals surface area (Å²) in [7, 11) is 0. The van der Waals surface area contributed by atoms with Crippen LogP contribution in [0.2, 0.25) is 0 Å². The van der Waals surface area contributed by atoms with E-state index in [4.69, 9.17) is 0 Å². The Bertz CT molecular complexity index is 583. The predicted molar refractivity (Wildman–Crippen MR) is 69.9 cm³/mol. The van der Waals surface area contributed by atoms with Gasteiger partial charge in [0.15, 0.2) is 0 Å². The predicted octanol–water partition coefficient (Wildman–Crippen LogP) is 2.27. The van der Waals surface area contributed by atoms with Gasteiger partial charge in [-0.3, -0.25) is 14.8 Å². The van der Waals surface area contributed by atoms with E-state index >= 15 is 0 Å². The number of hydrogen-bond donors (Lipinski definition) is 1. The third-order valence-corrected chi connectivity index (χ3v) is 2.45. The number of halogens is 1. The molecule has 1 aromatic heterocycles. The maximum Gasteiger partial charge on any atom is 0.251 e. The Morgan fingerprint density at radius 3 is 2.71 bits per heavy atom. The number of hydrogen-bond acceptors (Lipinski definition) is 3. The Labute approximate surface area is 107 Å². The van der Waals surface area contributed by atoms with Crippen LogP contribution in [-0.2, 0) is 0 Å². The van der Waals surface area contributed by atoms with E-state index in [0.717, 1.165) is 10.00 Å². The maximum absolute atomic E-state index is 11.8. The summed E-state index contributed by atoms with van der Waals surface area (Å²) in [4.78, 5) is 20.1. The minimum atomic E-state index is -0.154. The summed E-state index contributed by atoms with van der Waals surface area (Å²) in [6.07, 6.45) is 3.22. The first-order chi connectivity index (χ1) is 8.16. The number of aromatic nitrogens is 2. The van der Waals surface area contributed by atoms with Crippen molar-refractivity contribution in [2.24, 2.45) is 0 Å². The lowest BCUT2D eigenvalue weighted by Gasteiger charge is -2.04. The van der Waals surface area contributed by atoms with Gasteiger partial charge in [0.2, 0.25) is 0 Å². The highest BCUT2D eigenvalue weighted by Gasteiger charge is 2.06. The SMILES string of the molecule is C=C(Br)CNC(=O)c1ccc2nccnc2c1. The van der Waals surface area contributed by atoms with Crippen molar-refractivity contribution in [2.45, 2.75) is 0 Å². The molecule has 0 saturated carbocycles. The molecule has 0 fully saturated rings. The lowest BCUT2D eigenvalue weighted by molar-refractivity contribution is 0.0958. The van der Waals surface area contributed by atoms with Gasteiger partial charge in [-0.25, -0.2) is 0 Å². The van der Waals surface area contributed by atoms with Gasteiger partial charge < -0.3 is 5.32 Å². The zero-order valence-electron chi connectivity index (χ0n) is 8.98. The molecule has 0 radical (unpaired) electrons. The summed E-state index contributed by atoms with van der Waals surface area (Å²) in [5, 5.41) is 2.73. The molecule has 17 heavy (non-hydrogen) atoms. The average molecular weight is 292 g/mol. The van der Waals surface area contributed by atoms with Crippen molar-refractivity contribution in [3.63, 3.8) is 0 Å². The first kappa shape index (κ1) is 11.7. The summed E-state index contributed by atoms with van der Waals surface area (Å²) in [6.45, 7) is 4.05. The molecule has 0 atom stereocenters. The molecule has 86 valence electrons. The van der Waals surface area contributed by atoms with E-state index in [2.05, 4.69) is 37.8 Å². The number of rotatable bonds is 3. The zero-order valence-corrected chi connectivity index (χ0v) is 10.6. The van der Waals surface area contributed by atoms with Crippen LogP contribution in [0.5, 0.6) is 0 Å². The van der Waals surface area contributed by atoms with Crippen molar-refractivity contribution in [3.8, 4) is 0 Å². The Morgan fingerprint density at radius 2 is 2.00 bits per heavy atom. The Kier molecular flexibility index (Phi) is 3.49. The van der Waals surface area contributed by atoms with Crippen LogP contribution in [-0.4, -0.2) is 22.4 Å². The van der Waals surface area contributed by atoms with Crippen LogP contribution in [0.25, 0.3) is 11.0 Å². The Hall–Kier alpha value is -1.75. The largest absolute Gasteiger partial charge is 0.347 e. The van der Waals surface area contributed by atoms with Gasteiger partial charge in [0.05, 0.1) is 11.0 Å². The van der Waals surface area contributed by atoms with Crippen molar-refractivity contribution in [3.05, 3.63) is 47.2 Å². The molecular weight excluding hydrogens is 282 g/mol. The second-order valence-corrected chi connectivity index (χ2v) is 4.58. The molecule has 1 aromatic carbocycles. The van der Waals surface area contributed by atoms with Crippen LogP contribution in [0, 0.1) is 0 Å². The van der Waals surface area contributed by atoms with Gasteiger partial charge in [-0.15, -0.1) is 0 Å². The van der Waals surface area contributed by atoms with E-state index in [1.54, 1.807) is 30.6 Å². The highest BCUT2D eigenvalue weighted by molar-refractivity contribution is 9.11. The molecule has 0 spiro atoms. The minimum Gasteiger partial charge on any atom is -0.347 e. The summed E-state index contributed by atoms with van der Waals surface area (Å²) in [5.74, 6) is -0.154. The first-order valence-corrected chi connectivity index (χ1v) is 5.78. The van der Waals surface area contributed by atoms with E-state index in [9.17, 15) is 4.79 Å². The van der Waals surface area contributed by atoms with Crippen LogP contribution < -0.4 is 5.32 Å². The highest BCUT2D eigenvalue weighted by atomic mass is 79.9. The molecule has 0 aliphatic rings. The fourth-order valence-electron chi connectivity index (χ4n) is 1.38. The molecule has 0 aliphatic carbocycles. The monoisotopic (exact) mass is 291 g/mol. The minimum absolute atomic E-state index is 0.154. The van der Waals surface area contributed by atoms with Crippen molar-refractivity contribution in [1.29, 1.82) is 0 Å². The molecule has 5 heteroatoms. The lowest BCUT2D eigenvalue weighted by atomic mass is 10.2. The normalized spacial score (nSPS) is 10.2. The Balaban J connectivity index is 2.24. The van der Waals surface area contributed by atoms with E-state index < -0.39 is 0 Å². The highest BCUT2D eigenvalue weighted by Crippen LogP contribution is 2.10. The molecular formula is C12H10BrN3O. The van der Waals surface area contributed by atoms with Crippen LogP contribution in [0.4, 0.5) is 0 Å². The van der Waals surface area contributed by atoms with Crippen molar-refractivity contribution < 1.29 is 4.79 Å². The van der Waals surface area contributed by atoms with Gasteiger partial charge in [-0.2, -0.15) is 0 Å². The number of amides is 1. The second kappa shape index (κ2) is 5.05. The van der Waals surface area contributed by atoms with E-state index in [-0.39, 0.29) is 5.91 Å². The molecule has 2 rings (SSSR count). The van der Waals surface area contributed by atoms with E-state index in [0.29, 0.717) is 17.6 Å². The lowest BCUT2D eigenvalue weighted by Crippen LogP contribution is -2.24. The molecule has 0 bridgehead atoms. The van der Waals surface area contributed by atoms with Crippen molar-refractivity contribution in [2.75, 3.05) is 6.54 Å². The molecule has 0 aliphatic heterocycles. The number of carbonyl (C=O) groups is 1. The summed E-state index contributed by atoms with van der Waals surface area (Å²) in [5.41, 5.74) is 2.04. The average Bonchev–Trinajstić information content (AvgIpc) is 2.35. The number of nitrogens with zero attached hydrogens (tertiary/aromatic N) is 2. The summed E-state index contributed by atoms with van der Waals surface area (Å²) in [6, 6.07) is 5.22. The number of nitrogens with one attached hydrogen (secondary N) is 1. The van der Waals surface area contributed by atoms with Crippen molar-refractivity contribution >= 4 is 32.9 Å². The molecule has 4 nitrogen and oxygen atoms in total. The third-order valence-electron chi connectivity index (χ3n) is 2.17. The van der Waals surface area contributed by atoms with Gasteiger partial charge in [-0.05, 0) is 18.2 Å². The quantitative estimate of drug-likeness (QED) is 0.944. The van der Waals surface area contributed by atoms with Crippen LogP contribution in [0.1, 0.15) is 10.4 Å². The van der Waals surface area contributed by atoms with Gasteiger partial charge >= 0.3 is 0 Å². The van der Waals surface area contributed by atoms with Gasteiger partial charge in [0.1, 0.15) is 0 Å². The molecule has 1 heterocycles. The maximum atomic E-state index is 11.8. The van der Waals surface area contributed by atoms with E-state index in [1.807, 2.05) is 0 Å². The molecule has 0 saturated heterocycles. The Morgan fingerprint density at radius 1 is 1.29 bits per heavy atom. The van der Waals surface area contributed by atoms with Crippen molar-refractivity contribution in [1.82, 2.24) is 15.3 Å². The molecule has 0 unspecified atom stereocenters. The third kappa shape index (κ3) is 2.88. The fourth-order valence-corrected chi connectivity index (χ4v) is 1.52.